The number of thiophene rings is 1. The van der Waals surface area contributed by atoms with Crippen molar-refractivity contribution in [2.75, 3.05) is 5.32 Å². The van der Waals surface area contributed by atoms with Crippen LogP contribution in [-0.2, 0) is 4.79 Å². The Labute approximate surface area is 160 Å². The fourth-order valence-corrected chi connectivity index (χ4v) is 4.48. The highest BCUT2D eigenvalue weighted by molar-refractivity contribution is 7.10. The van der Waals surface area contributed by atoms with E-state index in [0.29, 0.717) is 23.0 Å². The minimum absolute atomic E-state index is 0.0102. The van der Waals surface area contributed by atoms with E-state index in [1.165, 1.54) is 16.6 Å². The first-order valence-electron chi connectivity index (χ1n) is 8.69. The molecular formula is C20H19N3O3S. The molecule has 1 fully saturated rings. The molecule has 7 heteroatoms. The molecule has 138 valence electrons. The molecule has 1 saturated carbocycles. The van der Waals surface area contributed by atoms with E-state index >= 15 is 0 Å². The van der Waals surface area contributed by atoms with Crippen molar-refractivity contribution in [2.24, 2.45) is 5.92 Å². The highest BCUT2D eigenvalue weighted by Gasteiger charge is 2.45. The molecule has 1 aliphatic rings. The Balaban J connectivity index is 1.50. The quantitative estimate of drug-likeness (QED) is 0.700. The van der Waals surface area contributed by atoms with Gasteiger partial charge in [0.05, 0.1) is 17.6 Å². The maximum Gasteiger partial charge on any atom is 0.339 e. The van der Waals surface area contributed by atoms with Crippen molar-refractivity contribution in [1.29, 1.82) is 0 Å². The third kappa shape index (κ3) is 3.26. The van der Waals surface area contributed by atoms with Crippen LogP contribution in [0.4, 0.5) is 5.69 Å². The van der Waals surface area contributed by atoms with E-state index in [1.807, 2.05) is 18.2 Å². The molecular weight excluding hydrogens is 362 g/mol. The average Bonchev–Trinajstić information content (AvgIpc) is 3.16. The highest BCUT2D eigenvalue weighted by Crippen LogP contribution is 2.50. The molecule has 2 N–H and O–H groups in total. The summed E-state index contributed by atoms with van der Waals surface area (Å²) < 4.78 is 1.56. The van der Waals surface area contributed by atoms with Crippen LogP contribution in [0.15, 0.2) is 41.9 Å². The van der Waals surface area contributed by atoms with Gasteiger partial charge in [-0.3, -0.25) is 4.79 Å². The van der Waals surface area contributed by atoms with Crippen molar-refractivity contribution in [3.05, 3.63) is 63.6 Å². The lowest BCUT2D eigenvalue weighted by Gasteiger charge is -2.09. The zero-order valence-corrected chi connectivity index (χ0v) is 15.8. The van der Waals surface area contributed by atoms with Crippen LogP contribution in [0.5, 0.6) is 0 Å². The van der Waals surface area contributed by atoms with Crippen molar-refractivity contribution in [1.82, 2.24) is 9.78 Å². The van der Waals surface area contributed by atoms with Crippen LogP contribution >= 0.6 is 11.3 Å². The maximum atomic E-state index is 12.6. The molecule has 0 spiro atoms. The fourth-order valence-electron chi connectivity index (χ4n) is 3.37. The third-order valence-corrected chi connectivity index (χ3v) is 6.11. The first-order valence-corrected chi connectivity index (χ1v) is 9.57. The van der Waals surface area contributed by atoms with Crippen molar-refractivity contribution < 1.29 is 14.7 Å². The normalized spacial score (nSPS) is 18.3. The summed E-state index contributed by atoms with van der Waals surface area (Å²) in [6.45, 7) is 3.79. The van der Waals surface area contributed by atoms with E-state index in [2.05, 4.69) is 28.8 Å². The molecule has 3 aromatic rings. The van der Waals surface area contributed by atoms with Gasteiger partial charge in [-0.05, 0) is 55.5 Å². The molecule has 1 amide bonds. The minimum Gasteiger partial charge on any atom is -0.478 e. The third-order valence-electron chi connectivity index (χ3n) is 4.96. The molecule has 2 atom stereocenters. The van der Waals surface area contributed by atoms with E-state index < -0.39 is 5.97 Å². The molecule has 0 bridgehead atoms. The van der Waals surface area contributed by atoms with Gasteiger partial charge in [-0.15, -0.1) is 11.3 Å². The van der Waals surface area contributed by atoms with Gasteiger partial charge < -0.3 is 10.4 Å². The lowest BCUT2D eigenvalue weighted by atomic mass is 10.2. The van der Waals surface area contributed by atoms with Gasteiger partial charge >= 0.3 is 5.97 Å². The van der Waals surface area contributed by atoms with Crippen molar-refractivity contribution >= 4 is 28.9 Å². The van der Waals surface area contributed by atoms with Crippen LogP contribution in [0.2, 0.25) is 0 Å². The summed E-state index contributed by atoms with van der Waals surface area (Å²) in [7, 11) is 0. The Morgan fingerprint density at radius 1 is 1.30 bits per heavy atom. The number of amides is 1. The number of carboxylic acid groups (broad SMARTS) is 1. The number of nitrogens with one attached hydrogen (secondary N) is 1. The topological polar surface area (TPSA) is 84.2 Å². The largest absolute Gasteiger partial charge is 0.478 e. The summed E-state index contributed by atoms with van der Waals surface area (Å²) in [5, 5.41) is 18.4. The van der Waals surface area contributed by atoms with Crippen molar-refractivity contribution in [3.8, 4) is 5.69 Å². The second-order valence-corrected chi connectivity index (χ2v) is 7.76. The molecule has 2 aromatic heterocycles. The van der Waals surface area contributed by atoms with Crippen LogP contribution in [0.3, 0.4) is 0 Å². The number of nitrogens with zero attached hydrogens (tertiary/aromatic N) is 2. The first-order chi connectivity index (χ1) is 13.0. The number of benzene rings is 1. The monoisotopic (exact) mass is 381 g/mol. The van der Waals surface area contributed by atoms with Crippen LogP contribution < -0.4 is 5.32 Å². The SMILES string of the molecule is Cc1ccsc1C1CC1C(=O)Nc1cccc(-n2ncc(C(=O)O)c2C)c1. The summed E-state index contributed by atoms with van der Waals surface area (Å²) in [6, 6.07) is 9.37. The van der Waals surface area contributed by atoms with E-state index in [-0.39, 0.29) is 17.4 Å². The van der Waals surface area contributed by atoms with E-state index in [9.17, 15) is 14.7 Å². The number of aryl methyl sites for hydroxylation is 1. The summed E-state index contributed by atoms with van der Waals surface area (Å²) in [4.78, 5) is 25.1. The Hall–Kier alpha value is -2.93. The zero-order valence-electron chi connectivity index (χ0n) is 15.0. The summed E-state index contributed by atoms with van der Waals surface area (Å²) >= 11 is 1.71. The fraction of sp³-hybridized carbons (Fsp3) is 0.250. The van der Waals surface area contributed by atoms with Crippen LogP contribution in [0.1, 0.15) is 38.8 Å². The molecule has 0 aliphatic heterocycles. The van der Waals surface area contributed by atoms with Gasteiger partial charge in [0.15, 0.2) is 0 Å². The van der Waals surface area contributed by atoms with Gasteiger partial charge in [0, 0.05) is 22.4 Å². The molecule has 2 heterocycles. The average molecular weight is 381 g/mol. The Morgan fingerprint density at radius 3 is 2.78 bits per heavy atom. The van der Waals surface area contributed by atoms with E-state index in [0.717, 1.165) is 6.42 Å². The molecule has 1 aliphatic carbocycles. The van der Waals surface area contributed by atoms with Gasteiger partial charge in [0.1, 0.15) is 5.56 Å². The van der Waals surface area contributed by atoms with Crippen molar-refractivity contribution in [3.63, 3.8) is 0 Å². The molecule has 0 saturated heterocycles. The van der Waals surface area contributed by atoms with Crippen molar-refractivity contribution in [2.45, 2.75) is 26.2 Å². The number of carboxylic acids is 1. The summed E-state index contributed by atoms with van der Waals surface area (Å²) in [5.74, 6) is -0.657. The van der Waals surface area contributed by atoms with Gasteiger partial charge in [-0.25, -0.2) is 9.48 Å². The second kappa shape index (κ2) is 6.66. The number of anilines is 1. The second-order valence-electron chi connectivity index (χ2n) is 6.82. The van der Waals surface area contributed by atoms with Crippen LogP contribution in [0, 0.1) is 19.8 Å². The number of carbonyl (C=O) groups excluding carboxylic acids is 1. The number of aromatic nitrogens is 2. The van der Waals surface area contributed by atoms with E-state index in [1.54, 1.807) is 29.0 Å². The number of hydrogen-bond acceptors (Lipinski definition) is 4. The lowest BCUT2D eigenvalue weighted by molar-refractivity contribution is -0.117. The van der Waals surface area contributed by atoms with Gasteiger partial charge in [-0.1, -0.05) is 6.07 Å². The number of hydrogen-bond donors (Lipinski definition) is 2. The minimum atomic E-state index is -1.01. The van der Waals surface area contributed by atoms with Crippen LogP contribution in [-0.4, -0.2) is 26.8 Å². The number of rotatable bonds is 5. The highest BCUT2D eigenvalue weighted by atomic mass is 32.1. The Kier molecular flexibility index (Phi) is 4.31. The summed E-state index contributed by atoms with van der Waals surface area (Å²) in [5.41, 5.74) is 3.35. The molecule has 4 rings (SSSR count). The Morgan fingerprint density at radius 2 is 2.11 bits per heavy atom. The smallest absolute Gasteiger partial charge is 0.339 e. The first kappa shape index (κ1) is 17.5. The molecule has 1 aromatic carbocycles. The molecule has 27 heavy (non-hydrogen) atoms. The zero-order chi connectivity index (χ0) is 19.1. The summed E-state index contributed by atoms with van der Waals surface area (Å²) in [6.07, 6.45) is 2.22. The number of aromatic carboxylic acids is 1. The van der Waals surface area contributed by atoms with Gasteiger partial charge in [0.25, 0.3) is 0 Å². The predicted molar refractivity (Wildman–Crippen MR) is 104 cm³/mol. The lowest BCUT2D eigenvalue weighted by Crippen LogP contribution is -2.14. The van der Waals surface area contributed by atoms with E-state index in [4.69, 9.17) is 0 Å². The van der Waals surface area contributed by atoms with Gasteiger partial charge in [0.2, 0.25) is 5.91 Å². The maximum absolute atomic E-state index is 12.6. The molecule has 6 nitrogen and oxygen atoms in total. The Bertz CT molecular complexity index is 1040. The van der Waals surface area contributed by atoms with Gasteiger partial charge in [-0.2, -0.15) is 5.10 Å². The van der Waals surface area contributed by atoms with Crippen LogP contribution in [0.25, 0.3) is 5.69 Å². The predicted octanol–water partition coefficient (Wildman–Crippen LogP) is 3.99. The molecule has 0 radical (unpaired) electrons. The standard InChI is InChI=1S/C20H19N3O3S/c1-11-6-7-27-18(11)15-9-16(15)19(24)22-13-4-3-5-14(8-13)23-12(2)17(10-21-23)20(25)26/h3-8,10,15-16H,9H2,1-2H3,(H,22,24)(H,25,26). The molecule has 2 unspecified atom stereocenters. The number of carbonyl (C=O) groups is 2.